The number of barbiturate groups is 1. The second-order valence-electron chi connectivity index (χ2n) is 5.00. The Morgan fingerprint density at radius 2 is 2.11 bits per heavy atom. The molecule has 100 valence electrons. The van der Waals surface area contributed by atoms with Crippen molar-refractivity contribution < 1.29 is 18.8 Å². The number of aromatic nitrogens is 1. The average molecular weight is 263 g/mol. The van der Waals surface area contributed by atoms with E-state index in [1.807, 2.05) is 0 Å². The minimum Gasteiger partial charge on any atom is -0.444 e. The normalized spacial score (nSPS) is 22.6. The summed E-state index contributed by atoms with van der Waals surface area (Å²) < 4.78 is 5.34. The van der Waals surface area contributed by atoms with Crippen molar-refractivity contribution in [2.24, 2.45) is 5.41 Å². The van der Waals surface area contributed by atoms with Crippen LogP contribution >= 0.6 is 0 Å². The van der Waals surface area contributed by atoms with Gasteiger partial charge in [0.2, 0.25) is 17.7 Å². The van der Waals surface area contributed by atoms with Crippen molar-refractivity contribution in [3.8, 4) is 0 Å². The summed E-state index contributed by atoms with van der Waals surface area (Å²) in [6.07, 6.45) is 2.49. The number of aryl methyl sites for hydroxylation is 1. The predicted octanol–water partition coefficient (Wildman–Crippen LogP) is 0.903. The highest BCUT2D eigenvalue weighted by Crippen LogP contribution is 2.50. The molecule has 1 atom stereocenters. The first kappa shape index (κ1) is 11.9. The Morgan fingerprint density at radius 1 is 1.42 bits per heavy atom. The Kier molecular flexibility index (Phi) is 2.29. The molecule has 0 bridgehead atoms. The lowest BCUT2D eigenvalue weighted by molar-refractivity contribution is -0.146. The fourth-order valence-corrected chi connectivity index (χ4v) is 2.29. The van der Waals surface area contributed by atoms with Gasteiger partial charge in [-0.3, -0.25) is 19.8 Å². The van der Waals surface area contributed by atoms with Crippen LogP contribution in [-0.4, -0.2) is 27.7 Å². The van der Waals surface area contributed by atoms with Crippen molar-refractivity contribution in [3.05, 3.63) is 17.8 Å². The van der Waals surface area contributed by atoms with Gasteiger partial charge in [0.15, 0.2) is 0 Å². The molecule has 0 aromatic carbocycles. The van der Waals surface area contributed by atoms with E-state index < -0.39 is 29.3 Å². The van der Waals surface area contributed by atoms with Crippen molar-refractivity contribution in [2.45, 2.75) is 32.7 Å². The molecule has 0 radical (unpaired) electrons. The minimum atomic E-state index is -1.04. The molecule has 2 heterocycles. The summed E-state index contributed by atoms with van der Waals surface area (Å²) in [4.78, 5) is 40.9. The highest BCUT2D eigenvalue weighted by Gasteiger charge is 2.63. The first-order chi connectivity index (χ1) is 8.95. The smallest absolute Gasteiger partial charge is 0.331 e. The number of amides is 4. The average Bonchev–Trinajstić information content (AvgIpc) is 3.04. The molecule has 1 aromatic heterocycles. The van der Waals surface area contributed by atoms with E-state index in [0.29, 0.717) is 18.6 Å². The zero-order valence-electron chi connectivity index (χ0n) is 10.6. The van der Waals surface area contributed by atoms with Crippen LogP contribution in [0.3, 0.4) is 0 Å². The quantitative estimate of drug-likeness (QED) is 0.800. The predicted molar refractivity (Wildman–Crippen MR) is 61.7 cm³/mol. The number of carbonyl (C=O) groups is 3. The molecule has 1 unspecified atom stereocenters. The van der Waals surface area contributed by atoms with Crippen LogP contribution in [0.25, 0.3) is 0 Å². The first-order valence-electron chi connectivity index (χ1n) is 6.07. The maximum Gasteiger partial charge on any atom is 0.331 e. The third-order valence-corrected chi connectivity index (χ3v) is 3.64. The lowest BCUT2D eigenvalue weighted by Gasteiger charge is -2.32. The van der Waals surface area contributed by atoms with Gasteiger partial charge in [0, 0.05) is 0 Å². The number of nitrogens with one attached hydrogen (secondary N) is 1. The fourth-order valence-electron chi connectivity index (χ4n) is 2.29. The van der Waals surface area contributed by atoms with E-state index in [2.05, 4.69) is 10.3 Å². The van der Waals surface area contributed by atoms with Crippen LogP contribution in [-0.2, 0) is 9.59 Å². The van der Waals surface area contributed by atoms with Gasteiger partial charge in [0.05, 0.1) is 6.20 Å². The van der Waals surface area contributed by atoms with E-state index in [9.17, 15) is 14.4 Å². The van der Waals surface area contributed by atoms with Gasteiger partial charge in [-0.05, 0) is 26.7 Å². The van der Waals surface area contributed by atoms with E-state index in [1.165, 1.54) is 6.20 Å². The van der Waals surface area contributed by atoms with E-state index >= 15 is 0 Å². The summed E-state index contributed by atoms with van der Waals surface area (Å²) in [5, 5.41) is 2.23. The van der Waals surface area contributed by atoms with Crippen molar-refractivity contribution >= 4 is 17.8 Å². The third kappa shape index (κ3) is 1.57. The molecule has 19 heavy (non-hydrogen) atoms. The summed E-state index contributed by atoms with van der Waals surface area (Å²) in [6, 6.07) is -1.34. The van der Waals surface area contributed by atoms with Gasteiger partial charge in [-0.2, -0.15) is 0 Å². The molecular weight excluding hydrogens is 250 g/mol. The molecule has 1 saturated carbocycles. The highest BCUT2D eigenvalue weighted by molar-refractivity contribution is 6.21. The number of nitrogens with zero attached hydrogens (tertiary/aromatic N) is 2. The summed E-state index contributed by atoms with van der Waals surface area (Å²) in [5.74, 6) is -0.0609. The Balaban J connectivity index is 1.93. The molecule has 1 saturated heterocycles. The number of urea groups is 1. The molecule has 3 rings (SSSR count). The molecule has 7 heteroatoms. The van der Waals surface area contributed by atoms with Crippen LogP contribution in [0, 0.1) is 12.3 Å². The Morgan fingerprint density at radius 3 is 2.63 bits per heavy atom. The maximum atomic E-state index is 12.3. The van der Waals surface area contributed by atoms with Crippen LogP contribution < -0.4 is 5.32 Å². The summed E-state index contributed by atoms with van der Waals surface area (Å²) in [5.41, 5.74) is -1.04. The van der Waals surface area contributed by atoms with E-state index in [0.717, 1.165) is 4.90 Å². The van der Waals surface area contributed by atoms with Crippen LogP contribution in [0.2, 0.25) is 0 Å². The molecule has 1 aliphatic heterocycles. The molecule has 1 spiro atoms. The first-order valence-corrected chi connectivity index (χ1v) is 6.07. The molecule has 7 nitrogen and oxygen atoms in total. The van der Waals surface area contributed by atoms with Crippen molar-refractivity contribution in [1.29, 1.82) is 0 Å². The van der Waals surface area contributed by atoms with Crippen LogP contribution in [0.4, 0.5) is 4.79 Å². The molecule has 1 aromatic rings. The molecule has 4 amide bonds. The van der Waals surface area contributed by atoms with Crippen LogP contribution in [0.15, 0.2) is 10.6 Å². The number of imide groups is 2. The molecule has 2 aliphatic rings. The van der Waals surface area contributed by atoms with Gasteiger partial charge >= 0.3 is 6.03 Å². The second kappa shape index (κ2) is 3.66. The number of rotatable bonds is 2. The third-order valence-electron chi connectivity index (χ3n) is 3.64. The van der Waals surface area contributed by atoms with Gasteiger partial charge < -0.3 is 4.42 Å². The van der Waals surface area contributed by atoms with Gasteiger partial charge in [-0.1, -0.05) is 0 Å². The maximum absolute atomic E-state index is 12.3. The van der Waals surface area contributed by atoms with Crippen molar-refractivity contribution in [3.63, 3.8) is 0 Å². The zero-order valence-corrected chi connectivity index (χ0v) is 10.6. The Labute approximate surface area is 109 Å². The summed E-state index contributed by atoms with van der Waals surface area (Å²) >= 11 is 0. The topological polar surface area (TPSA) is 92.5 Å². The SMILES string of the molecule is Cc1cnc(C(C)N2C(=O)NC(=O)C3(CC3)C2=O)o1. The van der Waals surface area contributed by atoms with Gasteiger partial charge in [0.25, 0.3) is 0 Å². The zero-order chi connectivity index (χ0) is 13.8. The van der Waals surface area contributed by atoms with Crippen LogP contribution in [0.1, 0.15) is 37.5 Å². The van der Waals surface area contributed by atoms with E-state index in [1.54, 1.807) is 13.8 Å². The molecule has 1 N–H and O–H groups in total. The largest absolute Gasteiger partial charge is 0.444 e. The standard InChI is InChI=1S/C12H13N3O4/c1-6-5-13-8(19-6)7(2)15-10(17)12(3-4-12)9(16)14-11(15)18/h5,7H,3-4H2,1-2H3,(H,14,16,18). The summed E-state index contributed by atoms with van der Waals surface area (Å²) in [6.45, 7) is 3.38. The van der Waals surface area contributed by atoms with E-state index in [4.69, 9.17) is 4.42 Å². The lowest BCUT2D eigenvalue weighted by Crippen LogP contribution is -2.59. The van der Waals surface area contributed by atoms with Gasteiger partial charge in [0.1, 0.15) is 17.2 Å². The monoisotopic (exact) mass is 263 g/mol. The van der Waals surface area contributed by atoms with E-state index in [-0.39, 0.29) is 5.89 Å². The number of carbonyl (C=O) groups excluding carboxylic acids is 3. The summed E-state index contributed by atoms with van der Waals surface area (Å²) in [7, 11) is 0. The van der Waals surface area contributed by atoms with Crippen molar-refractivity contribution in [2.75, 3.05) is 0 Å². The highest BCUT2D eigenvalue weighted by atomic mass is 16.4. The Hall–Kier alpha value is -2.18. The minimum absolute atomic E-state index is 0.283. The molecular formula is C12H13N3O4. The Bertz CT molecular complexity index is 588. The molecule has 1 aliphatic carbocycles. The van der Waals surface area contributed by atoms with Crippen molar-refractivity contribution in [1.82, 2.24) is 15.2 Å². The van der Waals surface area contributed by atoms with Gasteiger partial charge in [-0.15, -0.1) is 0 Å². The van der Waals surface area contributed by atoms with Gasteiger partial charge in [-0.25, -0.2) is 9.78 Å². The second-order valence-corrected chi connectivity index (χ2v) is 5.00. The lowest BCUT2D eigenvalue weighted by atomic mass is 10.0. The fraction of sp³-hybridized carbons (Fsp3) is 0.500. The number of hydrogen-bond acceptors (Lipinski definition) is 5. The number of hydrogen-bond donors (Lipinski definition) is 1. The van der Waals surface area contributed by atoms with Crippen LogP contribution in [0.5, 0.6) is 0 Å². The number of oxazole rings is 1. The molecule has 2 fully saturated rings.